The van der Waals surface area contributed by atoms with Crippen molar-refractivity contribution in [3.8, 4) is 0 Å². The SMILES string of the molecule is CN(C)CCCN(C(=O)C=Cc1cccs1)c1nc2ccc(F)cc2s1.Cl. The van der Waals surface area contributed by atoms with Crippen LogP contribution in [0.5, 0.6) is 0 Å². The van der Waals surface area contributed by atoms with E-state index in [0.29, 0.717) is 17.2 Å². The Kier molecular flexibility index (Phi) is 7.91. The fraction of sp³-hybridized carbons (Fsp3) is 0.263. The summed E-state index contributed by atoms with van der Waals surface area (Å²) in [6.07, 6.45) is 4.23. The number of hydrogen-bond donors (Lipinski definition) is 0. The number of aromatic nitrogens is 1. The van der Waals surface area contributed by atoms with Gasteiger partial charge in [0.15, 0.2) is 5.13 Å². The minimum Gasteiger partial charge on any atom is -0.309 e. The molecular formula is C19H21ClFN3OS2. The first-order valence-electron chi connectivity index (χ1n) is 8.27. The zero-order valence-corrected chi connectivity index (χ0v) is 17.5. The van der Waals surface area contributed by atoms with E-state index in [1.807, 2.05) is 37.7 Å². The fourth-order valence-electron chi connectivity index (χ4n) is 2.48. The summed E-state index contributed by atoms with van der Waals surface area (Å²) in [5.41, 5.74) is 0.707. The monoisotopic (exact) mass is 425 g/mol. The van der Waals surface area contributed by atoms with Gasteiger partial charge < -0.3 is 4.90 Å². The molecule has 4 nitrogen and oxygen atoms in total. The average Bonchev–Trinajstić information content (AvgIpc) is 3.25. The predicted molar refractivity (Wildman–Crippen MR) is 116 cm³/mol. The van der Waals surface area contributed by atoms with Crippen molar-refractivity contribution in [1.82, 2.24) is 9.88 Å². The molecule has 1 amide bonds. The van der Waals surface area contributed by atoms with Gasteiger partial charge in [-0.3, -0.25) is 9.69 Å². The summed E-state index contributed by atoms with van der Waals surface area (Å²) in [6.45, 7) is 1.44. The second-order valence-electron chi connectivity index (χ2n) is 6.10. The largest absolute Gasteiger partial charge is 0.309 e. The predicted octanol–water partition coefficient (Wildman–Crippen LogP) is 4.92. The molecule has 27 heavy (non-hydrogen) atoms. The highest BCUT2D eigenvalue weighted by Gasteiger charge is 2.18. The van der Waals surface area contributed by atoms with Gasteiger partial charge in [-0.25, -0.2) is 9.37 Å². The highest BCUT2D eigenvalue weighted by atomic mass is 35.5. The third-order valence-electron chi connectivity index (χ3n) is 3.76. The molecule has 3 rings (SSSR count). The molecule has 0 aliphatic heterocycles. The molecule has 0 aliphatic rings. The molecule has 0 N–H and O–H groups in total. The van der Waals surface area contributed by atoms with Crippen molar-refractivity contribution in [2.24, 2.45) is 0 Å². The van der Waals surface area contributed by atoms with Gasteiger partial charge in [-0.05, 0) is 62.8 Å². The van der Waals surface area contributed by atoms with Crippen LogP contribution in [0.3, 0.4) is 0 Å². The zero-order chi connectivity index (χ0) is 18.5. The van der Waals surface area contributed by atoms with Crippen LogP contribution in [-0.4, -0.2) is 43.0 Å². The molecule has 0 atom stereocenters. The second kappa shape index (κ2) is 9.94. The van der Waals surface area contributed by atoms with E-state index in [9.17, 15) is 9.18 Å². The standard InChI is InChI=1S/C19H20FN3OS2.ClH/c1-22(2)10-4-11-23(18(24)9-7-15-5-3-12-25-15)19-21-16-8-6-14(20)13-17(16)26-19;/h3,5-9,12-13H,4,10-11H2,1-2H3;1H. The number of carbonyl (C=O) groups is 1. The van der Waals surface area contributed by atoms with Crippen molar-refractivity contribution < 1.29 is 9.18 Å². The van der Waals surface area contributed by atoms with E-state index < -0.39 is 0 Å². The lowest BCUT2D eigenvalue weighted by Crippen LogP contribution is -2.32. The van der Waals surface area contributed by atoms with Gasteiger partial charge in [-0.15, -0.1) is 23.7 Å². The van der Waals surface area contributed by atoms with Gasteiger partial charge in [0.2, 0.25) is 0 Å². The Labute approximate surface area is 172 Å². The van der Waals surface area contributed by atoms with Gasteiger partial charge in [0.25, 0.3) is 5.91 Å². The summed E-state index contributed by atoms with van der Waals surface area (Å²) in [4.78, 5) is 22.1. The molecule has 2 aromatic heterocycles. The maximum Gasteiger partial charge on any atom is 0.252 e. The molecule has 3 aromatic rings. The number of halogens is 2. The zero-order valence-electron chi connectivity index (χ0n) is 15.1. The molecule has 0 fully saturated rings. The van der Waals surface area contributed by atoms with Crippen molar-refractivity contribution in [3.05, 3.63) is 52.5 Å². The van der Waals surface area contributed by atoms with Crippen LogP contribution in [0.25, 0.3) is 16.3 Å². The van der Waals surface area contributed by atoms with Crippen molar-refractivity contribution in [1.29, 1.82) is 0 Å². The third-order valence-corrected chi connectivity index (χ3v) is 5.64. The summed E-state index contributed by atoms with van der Waals surface area (Å²) in [5.74, 6) is -0.410. The molecule has 0 saturated carbocycles. The number of amides is 1. The van der Waals surface area contributed by atoms with E-state index in [1.54, 1.807) is 28.4 Å². The number of carbonyl (C=O) groups excluding carboxylic acids is 1. The molecule has 0 spiro atoms. The Balaban J connectivity index is 0.00000261. The van der Waals surface area contributed by atoms with Crippen molar-refractivity contribution in [3.63, 3.8) is 0 Å². The van der Waals surface area contributed by atoms with Crippen LogP contribution in [0.4, 0.5) is 9.52 Å². The minimum absolute atomic E-state index is 0. The Morgan fingerprint density at radius 2 is 2.07 bits per heavy atom. The topological polar surface area (TPSA) is 36.4 Å². The number of nitrogens with zero attached hydrogens (tertiary/aromatic N) is 3. The first kappa shape index (κ1) is 21.5. The highest BCUT2D eigenvalue weighted by Crippen LogP contribution is 2.30. The van der Waals surface area contributed by atoms with E-state index >= 15 is 0 Å². The molecule has 0 saturated heterocycles. The number of hydrogen-bond acceptors (Lipinski definition) is 5. The molecule has 0 bridgehead atoms. The lowest BCUT2D eigenvalue weighted by atomic mass is 10.3. The number of thiophene rings is 1. The van der Waals surface area contributed by atoms with Gasteiger partial charge >= 0.3 is 0 Å². The molecule has 2 heterocycles. The van der Waals surface area contributed by atoms with Crippen LogP contribution in [-0.2, 0) is 4.79 Å². The van der Waals surface area contributed by atoms with Gasteiger partial charge in [0, 0.05) is 17.5 Å². The normalized spacial score (nSPS) is 11.3. The molecule has 0 unspecified atom stereocenters. The summed E-state index contributed by atoms with van der Waals surface area (Å²) in [5, 5.41) is 2.58. The third kappa shape index (κ3) is 5.84. The highest BCUT2D eigenvalue weighted by molar-refractivity contribution is 7.22. The van der Waals surface area contributed by atoms with E-state index in [-0.39, 0.29) is 24.1 Å². The number of anilines is 1. The van der Waals surface area contributed by atoms with Gasteiger partial charge in [0.1, 0.15) is 5.82 Å². The molecular weight excluding hydrogens is 405 g/mol. The van der Waals surface area contributed by atoms with Gasteiger partial charge in [-0.1, -0.05) is 17.4 Å². The first-order chi connectivity index (χ1) is 12.5. The van der Waals surface area contributed by atoms with E-state index in [2.05, 4.69) is 9.88 Å². The quantitative estimate of drug-likeness (QED) is 0.504. The van der Waals surface area contributed by atoms with Crippen molar-refractivity contribution >= 4 is 62.4 Å². The Bertz CT molecular complexity index is 909. The summed E-state index contributed by atoms with van der Waals surface area (Å²) in [7, 11) is 4.01. The molecule has 0 aliphatic carbocycles. The van der Waals surface area contributed by atoms with Gasteiger partial charge in [0.05, 0.1) is 10.2 Å². The summed E-state index contributed by atoms with van der Waals surface area (Å²) >= 11 is 2.92. The smallest absolute Gasteiger partial charge is 0.252 e. The Hall–Kier alpha value is -1.80. The van der Waals surface area contributed by atoms with E-state index in [4.69, 9.17) is 0 Å². The number of fused-ring (bicyclic) bond motifs is 1. The first-order valence-corrected chi connectivity index (χ1v) is 9.96. The Morgan fingerprint density at radius 3 is 2.78 bits per heavy atom. The van der Waals surface area contributed by atoms with Crippen LogP contribution in [0, 0.1) is 5.82 Å². The lowest BCUT2D eigenvalue weighted by Gasteiger charge is -2.19. The van der Waals surface area contributed by atoms with Crippen molar-refractivity contribution in [2.45, 2.75) is 6.42 Å². The average molecular weight is 426 g/mol. The number of benzene rings is 1. The molecule has 1 aromatic carbocycles. The van der Waals surface area contributed by atoms with Gasteiger partial charge in [-0.2, -0.15) is 0 Å². The van der Waals surface area contributed by atoms with Crippen molar-refractivity contribution in [2.75, 3.05) is 32.1 Å². The maximum absolute atomic E-state index is 13.5. The van der Waals surface area contributed by atoms with Crippen LogP contribution in [0.1, 0.15) is 11.3 Å². The van der Waals surface area contributed by atoms with Crippen LogP contribution >= 0.6 is 35.1 Å². The second-order valence-corrected chi connectivity index (χ2v) is 8.09. The lowest BCUT2D eigenvalue weighted by molar-refractivity contribution is -0.114. The van der Waals surface area contributed by atoms with Crippen LogP contribution in [0.2, 0.25) is 0 Å². The summed E-state index contributed by atoms with van der Waals surface area (Å²) < 4.78 is 14.2. The van der Waals surface area contributed by atoms with Crippen LogP contribution in [0.15, 0.2) is 41.8 Å². The number of thiazole rings is 1. The maximum atomic E-state index is 13.5. The fourth-order valence-corrected chi connectivity index (χ4v) is 4.12. The Morgan fingerprint density at radius 1 is 1.26 bits per heavy atom. The minimum atomic E-state index is -0.296. The molecule has 144 valence electrons. The van der Waals surface area contributed by atoms with E-state index in [1.165, 1.54) is 23.5 Å². The summed E-state index contributed by atoms with van der Waals surface area (Å²) in [6, 6.07) is 8.41. The molecule has 8 heteroatoms. The molecule has 0 radical (unpaired) electrons. The van der Waals surface area contributed by atoms with E-state index in [0.717, 1.165) is 22.5 Å². The van der Waals surface area contributed by atoms with Crippen LogP contribution < -0.4 is 4.90 Å². The number of rotatable bonds is 7.